The molecule has 0 radical (unpaired) electrons. The third kappa shape index (κ3) is 2.69. The van der Waals surface area contributed by atoms with E-state index in [-0.39, 0.29) is 29.0 Å². The second-order valence-corrected chi connectivity index (χ2v) is 8.70. The summed E-state index contributed by atoms with van der Waals surface area (Å²) in [5, 5.41) is 0. The summed E-state index contributed by atoms with van der Waals surface area (Å²) in [6, 6.07) is 0. The fourth-order valence-corrected chi connectivity index (χ4v) is 5.78. The van der Waals surface area contributed by atoms with Crippen LogP contribution >= 0.6 is 0 Å². The van der Waals surface area contributed by atoms with Crippen molar-refractivity contribution in [3.63, 3.8) is 0 Å². The minimum Gasteiger partial charge on any atom is -0.457 e. The minimum atomic E-state index is -0.423. The van der Waals surface area contributed by atoms with Gasteiger partial charge >= 0.3 is 5.97 Å². The fraction of sp³-hybridized carbons (Fsp3) is 0.522. The smallest absolute Gasteiger partial charge is 0.303 e. The molecule has 0 unspecified atom stereocenters. The number of hydrogen-bond donors (Lipinski definition) is 0. The molecule has 0 aromatic carbocycles. The zero-order chi connectivity index (χ0) is 19.4. The first kappa shape index (κ1) is 18.1. The number of rotatable bonds is 3. The molecule has 0 spiro atoms. The molecular weight excluding hydrogens is 340 g/mol. The second-order valence-electron chi connectivity index (χ2n) is 8.70. The van der Waals surface area contributed by atoms with Crippen LogP contribution in [0.4, 0.5) is 0 Å². The van der Waals surface area contributed by atoms with Crippen molar-refractivity contribution in [1.82, 2.24) is 0 Å². The molecule has 4 rings (SSSR count). The summed E-state index contributed by atoms with van der Waals surface area (Å²) in [5.74, 6) is 0.394. The highest BCUT2D eigenvalue weighted by Crippen LogP contribution is 2.62. The third-order valence-corrected chi connectivity index (χ3v) is 7.24. The molecule has 0 N–H and O–H groups in total. The number of allylic oxidation sites excluding steroid dienone is 7. The summed E-state index contributed by atoms with van der Waals surface area (Å²) in [4.78, 5) is 35.6. The molecule has 1 saturated carbocycles. The van der Waals surface area contributed by atoms with Crippen molar-refractivity contribution in [1.29, 1.82) is 0 Å². The predicted molar refractivity (Wildman–Crippen MR) is 102 cm³/mol. The van der Waals surface area contributed by atoms with Crippen molar-refractivity contribution in [3.8, 4) is 0 Å². The molecule has 4 aliphatic carbocycles. The van der Waals surface area contributed by atoms with Gasteiger partial charge < -0.3 is 4.74 Å². The summed E-state index contributed by atoms with van der Waals surface area (Å²) < 4.78 is 4.95. The van der Waals surface area contributed by atoms with Crippen LogP contribution in [0.1, 0.15) is 46.5 Å². The quantitative estimate of drug-likeness (QED) is 0.562. The summed E-state index contributed by atoms with van der Waals surface area (Å²) in [5.41, 5.74) is 3.09. The van der Waals surface area contributed by atoms with Crippen LogP contribution in [0, 0.1) is 22.7 Å². The van der Waals surface area contributed by atoms with Gasteiger partial charge in [0.25, 0.3) is 0 Å². The lowest BCUT2D eigenvalue weighted by molar-refractivity contribution is -0.145. The Kier molecular flexibility index (Phi) is 4.13. The standard InChI is InChI=1S/C23H26O4/c1-14(24)27-13-21(26)20-7-6-18-17-5-4-15-12-16(25)8-10-22(15,2)19(17)9-11-23(18,20)3/h7-10,12,17-18H,4-6,11,13H2,1-3H3/t17-,18+,22+,23-/m0/s1. The van der Waals surface area contributed by atoms with Crippen molar-refractivity contribution in [3.05, 3.63) is 47.1 Å². The van der Waals surface area contributed by atoms with Crippen LogP contribution < -0.4 is 0 Å². The number of fused-ring (bicyclic) bond motifs is 5. The summed E-state index contributed by atoms with van der Waals surface area (Å²) >= 11 is 0. The summed E-state index contributed by atoms with van der Waals surface area (Å²) in [6.45, 7) is 5.56. The molecule has 0 bridgehead atoms. The highest BCUT2D eigenvalue weighted by atomic mass is 16.5. The van der Waals surface area contributed by atoms with Crippen molar-refractivity contribution >= 4 is 17.5 Å². The molecule has 4 atom stereocenters. The van der Waals surface area contributed by atoms with E-state index in [0.717, 1.165) is 31.3 Å². The van der Waals surface area contributed by atoms with E-state index in [1.54, 1.807) is 6.08 Å². The van der Waals surface area contributed by atoms with E-state index in [0.29, 0.717) is 11.8 Å². The molecule has 0 aliphatic heterocycles. The first-order valence-corrected chi connectivity index (χ1v) is 9.77. The SMILES string of the molecule is CC(=O)OCC(=O)C1=CC[C@@H]2[C@@H]3CCC4=CC(=O)C=C[C@@]4(C)C3=CC[C@]12C. The molecule has 1 fully saturated rings. The van der Waals surface area contributed by atoms with Gasteiger partial charge in [-0.3, -0.25) is 14.4 Å². The Morgan fingerprint density at radius 3 is 2.78 bits per heavy atom. The van der Waals surface area contributed by atoms with E-state index in [9.17, 15) is 14.4 Å². The van der Waals surface area contributed by atoms with Crippen LogP contribution in [-0.2, 0) is 19.1 Å². The first-order chi connectivity index (χ1) is 12.8. The van der Waals surface area contributed by atoms with Gasteiger partial charge in [0, 0.05) is 23.3 Å². The number of Topliss-reactive ketones (excluding diaryl/α,β-unsaturated/α-hetero) is 1. The monoisotopic (exact) mass is 366 g/mol. The Labute approximate surface area is 160 Å². The van der Waals surface area contributed by atoms with Gasteiger partial charge in [-0.25, -0.2) is 0 Å². The van der Waals surface area contributed by atoms with Crippen molar-refractivity contribution in [2.75, 3.05) is 6.61 Å². The van der Waals surface area contributed by atoms with Crippen molar-refractivity contribution in [2.45, 2.75) is 46.5 Å². The topological polar surface area (TPSA) is 60.4 Å². The maximum atomic E-state index is 12.7. The van der Waals surface area contributed by atoms with Gasteiger partial charge in [0.1, 0.15) is 0 Å². The number of hydrogen-bond acceptors (Lipinski definition) is 4. The average molecular weight is 366 g/mol. The molecule has 0 amide bonds. The van der Waals surface area contributed by atoms with Crippen LogP contribution in [0.3, 0.4) is 0 Å². The molecule has 142 valence electrons. The molecule has 4 nitrogen and oxygen atoms in total. The first-order valence-electron chi connectivity index (χ1n) is 9.77. The van der Waals surface area contributed by atoms with E-state index in [2.05, 4.69) is 32.1 Å². The summed E-state index contributed by atoms with van der Waals surface area (Å²) in [7, 11) is 0. The van der Waals surface area contributed by atoms with Crippen molar-refractivity contribution in [2.24, 2.45) is 22.7 Å². The highest BCUT2D eigenvalue weighted by Gasteiger charge is 2.54. The highest BCUT2D eigenvalue weighted by molar-refractivity contribution is 6.01. The van der Waals surface area contributed by atoms with Gasteiger partial charge in [-0.15, -0.1) is 0 Å². The van der Waals surface area contributed by atoms with Gasteiger partial charge in [-0.05, 0) is 56.6 Å². The van der Waals surface area contributed by atoms with E-state index in [4.69, 9.17) is 4.74 Å². The van der Waals surface area contributed by atoms with Gasteiger partial charge in [0.05, 0.1) is 0 Å². The lowest BCUT2D eigenvalue weighted by Crippen LogP contribution is -2.43. The summed E-state index contributed by atoms with van der Waals surface area (Å²) in [6.07, 6.45) is 13.6. The van der Waals surface area contributed by atoms with Crippen LogP contribution in [0.5, 0.6) is 0 Å². The molecule has 4 aliphatic rings. The van der Waals surface area contributed by atoms with E-state index in [1.165, 1.54) is 18.1 Å². The number of carbonyl (C=O) groups is 3. The van der Waals surface area contributed by atoms with E-state index in [1.807, 2.05) is 6.08 Å². The molecule has 0 aromatic heterocycles. The normalized spacial score (nSPS) is 36.7. The average Bonchev–Trinajstić information content (AvgIpc) is 2.97. The Balaban J connectivity index is 1.63. The molecule has 0 heterocycles. The van der Waals surface area contributed by atoms with Gasteiger partial charge in [0.15, 0.2) is 18.2 Å². The maximum Gasteiger partial charge on any atom is 0.303 e. The Morgan fingerprint density at radius 2 is 2.04 bits per heavy atom. The molecule has 0 aromatic rings. The van der Waals surface area contributed by atoms with Crippen LogP contribution in [0.15, 0.2) is 47.1 Å². The van der Waals surface area contributed by atoms with Gasteiger partial charge in [-0.1, -0.05) is 36.3 Å². The zero-order valence-corrected chi connectivity index (χ0v) is 16.2. The second kappa shape index (κ2) is 6.15. The predicted octanol–water partition coefficient (Wildman–Crippen LogP) is 3.88. The minimum absolute atomic E-state index is 0.0715. The molecule has 0 saturated heterocycles. The van der Waals surface area contributed by atoms with Crippen LogP contribution in [-0.4, -0.2) is 24.1 Å². The molecule has 4 heteroatoms. The Hall–Kier alpha value is -2.23. The third-order valence-electron chi connectivity index (χ3n) is 7.24. The van der Waals surface area contributed by atoms with Crippen LogP contribution in [0.2, 0.25) is 0 Å². The lowest BCUT2D eigenvalue weighted by Gasteiger charge is -2.51. The van der Waals surface area contributed by atoms with Crippen LogP contribution in [0.25, 0.3) is 0 Å². The van der Waals surface area contributed by atoms with Crippen molar-refractivity contribution < 1.29 is 19.1 Å². The van der Waals surface area contributed by atoms with Gasteiger partial charge in [-0.2, -0.15) is 0 Å². The molecule has 27 heavy (non-hydrogen) atoms. The van der Waals surface area contributed by atoms with E-state index < -0.39 is 5.97 Å². The number of ether oxygens (including phenoxy) is 1. The largest absolute Gasteiger partial charge is 0.457 e. The number of ketones is 2. The molecular formula is C23H26O4. The van der Waals surface area contributed by atoms with Gasteiger partial charge in [0.2, 0.25) is 0 Å². The zero-order valence-electron chi connectivity index (χ0n) is 16.2. The number of esters is 1. The lowest BCUT2D eigenvalue weighted by atomic mass is 9.52. The number of carbonyl (C=O) groups excluding carboxylic acids is 3. The Bertz CT molecular complexity index is 856. The maximum absolute atomic E-state index is 12.7. The Morgan fingerprint density at radius 1 is 1.26 bits per heavy atom. The van der Waals surface area contributed by atoms with E-state index >= 15 is 0 Å². The fourth-order valence-electron chi connectivity index (χ4n) is 5.78.